The normalized spacial score (nSPS) is 9.73. The zero-order valence-electron chi connectivity index (χ0n) is 6.66. The average Bonchev–Trinajstić information content (AvgIpc) is 2.03. The van der Waals surface area contributed by atoms with E-state index in [0.29, 0.717) is 18.2 Å². The van der Waals surface area contributed by atoms with E-state index in [1.54, 1.807) is 13.2 Å². The minimum absolute atomic E-state index is 0.345. The van der Waals surface area contributed by atoms with E-state index in [4.69, 9.17) is 10.5 Å². The van der Waals surface area contributed by atoms with Crippen LogP contribution in [-0.4, -0.2) is 17.1 Å². The molecule has 60 valence electrons. The van der Waals surface area contributed by atoms with Crippen LogP contribution in [0.25, 0.3) is 0 Å². The molecule has 11 heavy (non-hydrogen) atoms. The van der Waals surface area contributed by atoms with Gasteiger partial charge in [-0.15, -0.1) is 0 Å². The summed E-state index contributed by atoms with van der Waals surface area (Å²) in [5, 5.41) is 0. The second-order valence-electron chi connectivity index (χ2n) is 2.17. The van der Waals surface area contributed by atoms with E-state index in [-0.39, 0.29) is 0 Å². The van der Waals surface area contributed by atoms with E-state index in [2.05, 4.69) is 9.97 Å². The Hall–Kier alpha value is -1.16. The van der Waals surface area contributed by atoms with Crippen LogP contribution < -0.4 is 10.5 Å². The number of aryl methyl sites for hydroxylation is 1. The van der Waals surface area contributed by atoms with Gasteiger partial charge in [-0.3, -0.25) is 0 Å². The maximum Gasteiger partial charge on any atom is 0.216 e. The third-order valence-electron chi connectivity index (χ3n) is 1.27. The summed E-state index contributed by atoms with van der Waals surface area (Å²) in [5.74, 6) is 1.18. The fourth-order valence-corrected chi connectivity index (χ4v) is 0.795. The first kappa shape index (κ1) is 7.94. The molecule has 0 saturated carbocycles. The van der Waals surface area contributed by atoms with Crippen molar-refractivity contribution in [2.24, 2.45) is 5.73 Å². The quantitative estimate of drug-likeness (QED) is 0.661. The summed E-state index contributed by atoms with van der Waals surface area (Å²) in [4.78, 5) is 8.10. The van der Waals surface area contributed by atoms with Crippen molar-refractivity contribution < 1.29 is 4.74 Å². The molecule has 1 aromatic rings. The molecule has 1 heterocycles. The summed E-state index contributed by atoms with van der Waals surface area (Å²) in [5.41, 5.74) is 6.23. The van der Waals surface area contributed by atoms with Gasteiger partial charge in [-0.05, 0) is 6.92 Å². The fraction of sp³-hybridized carbons (Fsp3) is 0.429. The monoisotopic (exact) mass is 153 g/mol. The van der Waals surface area contributed by atoms with Crippen LogP contribution in [0.2, 0.25) is 0 Å². The van der Waals surface area contributed by atoms with E-state index >= 15 is 0 Å². The first-order chi connectivity index (χ1) is 5.26. The van der Waals surface area contributed by atoms with Gasteiger partial charge >= 0.3 is 0 Å². The second-order valence-corrected chi connectivity index (χ2v) is 2.17. The van der Waals surface area contributed by atoms with Crippen molar-refractivity contribution >= 4 is 0 Å². The van der Waals surface area contributed by atoms with Gasteiger partial charge in [0.25, 0.3) is 0 Å². The Morgan fingerprint density at radius 2 is 2.27 bits per heavy atom. The maximum absolute atomic E-state index is 5.36. The van der Waals surface area contributed by atoms with Crippen molar-refractivity contribution in [3.8, 4) is 5.88 Å². The van der Waals surface area contributed by atoms with Crippen molar-refractivity contribution in [1.82, 2.24) is 9.97 Å². The molecule has 0 aromatic carbocycles. The highest BCUT2D eigenvalue weighted by Gasteiger charge is 1.98. The number of methoxy groups -OCH3 is 1. The molecular weight excluding hydrogens is 142 g/mol. The largest absolute Gasteiger partial charge is 0.481 e. The molecule has 0 aliphatic carbocycles. The van der Waals surface area contributed by atoms with Gasteiger partial charge < -0.3 is 10.5 Å². The van der Waals surface area contributed by atoms with Crippen LogP contribution >= 0.6 is 0 Å². The van der Waals surface area contributed by atoms with Gasteiger partial charge in [0.15, 0.2) is 0 Å². The smallest absolute Gasteiger partial charge is 0.216 e. The number of nitrogens with zero attached hydrogens (tertiary/aromatic N) is 2. The predicted molar refractivity (Wildman–Crippen MR) is 41.2 cm³/mol. The Morgan fingerprint density at radius 3 is 2.82 bits per heavy atom. The molecule has 0 unspecified atom stereocenters. The average molecular weight is 153 g/mol. The number of aromatic nitrogens is 2. The van der Waals surface area contributed by atoms with Crippen molar-refractivity contribution in [2.45, 2.75) is 13.5 Å². The predicted octanol–water partition coefficient (Wildman–Crippen LogP) is 0.252. The molecule has 0 aliphatic rings. The molecule has 0 bridgehead atoms. The molecule has 0 amide bonds. The molecule has 4 nitrogen and oxygen atoms in total. The lowest BCUT2D eigenvalue weighted by Crippen LogP contribution is -2.05. The SMILES string of the molecule is COc1cc(C)nc(CN)n1. The van der Waals surface area contributed by atoms with Crippen LogP contribution in [0.1, 0.15) is 11.5 Å². The Morgan fingerprint density at radius 1 is 1.55 bits per heavy atom. The zero-order valence-corrected chi connectivity index (χ0v) is 6.66. The van der Waals surface area contributed by atoms with Gasteiger partial charge in [0, 0.05) is 11.8 Å². The number of ether oxygens (including phenoxy) is 1. The summed E-state index contributed by atoms with van der Waals surface area (Å²) in [6, 6.07) is 1.76. The van der Waals surface area contributed by atoms with Crippen molar-refractivity contribution in [3.63, 3.8) is 0 Å². The van der Waals surface area contributed by atoms with E-state index in [1.807, 2.05) is 6.92 Å². The van der Waals surface area contributed by atoms with Crippen LogP contribution in [0.5, 0.6) is 5.88 Å². The van der Waals surface area contributed by atoms with Gasteiger partial charge in [-0.1, -0.05) is 0 Å². The van der Waals surface area contributed by atoms with Gasteiger partial charge in [-0.25, -0.2) is 4.98 Å². The molecule has 0 atom stereocenters. The molecule has 0 aliphatic heterocycles. The maximum atomic E-state index is 5.36. The lowest BCUT2D eigenvalue weighted by molar-refractivity contribution is 0.394. The number of nitrogens with two attached hydrogens (primary N) is 1. The molecule has 2 N–H and O–H groups in total. The highest BCUT2D eigenvalue weighted by Crippen LogP contribution is 2.06. The van der Waals surface area contributed by atoms with Gasteiger partial charge in [0.2, 0.25) is 5.88 Å². The number of hydrogen-bond donors (Lipinski definition) is 1. The van der Waals surface area contributed by atoms with Gasteiger partial charge in [0.05, 0.1) is 13.7 Å². The highest BCUT2D eigenvalue weighted by atomic mass is 16.5. The van der Waals surface area contributed by atoms with E-state index in [1.165, 1.54) is 0 Å². The van der Waals surface area contributed by atoms with E-state index in [9.17, 15) is 0 Å². The molecule has 1 aromatic heterocycles. The molecule has 0 fully saturated rings. The van der Waals surface area contributed by atoms with Crippen LogP contribution in [0, 0.1) is 6.92 Å². The summed E-state index contributed by atoms with van der Waals surface area (Å²) < 4.78 is 4.93. The minimum Gasteiger partial charge on any atom is -0.481 e. The lowest BCUT2D eigenvalue weighted by Gasteiger charge is -2.01. The number of hydrogen-bond acceptors (Lipinski definition) is 4. The fourth-order valence-electron chi connectivity index (χ4n) is 0.795. The van der Waals surface area contributed by atoms with Crippen molar-refractivity contribution in [3.05, 3.63) is 17.6 Å². The summed E-state index contributed by atoms with van der Waals surface area (Å²) in [6.07, 6.45) is 0. The van der Waals surface area contributed by atoms with Gasteiger partial charge in [0.1, 0.15) is 5.82 Å². The zero-order chi connectivity index (χ0) is 8.27. The van der Waals surface area contributed by atoms with Crippen molar-refractivity contribution in [2.75, 3.05) is 7.11 Å². The molecule has 1 rings (SSSR count). The van der Waals surface area contributed by atoms with Crippen LogP contribution in [0.15, 0.2) is 6.07 Å². The third kappa shape index (κ3) is 1.88. The second kappa shape index (κ2) is 3.30. The first-order valence-electron chi connectivity index (χ1n) is 3.35. The molecule has 0 spiro atoms. The summed E-state index contributed by atoms with van der Waals surface area (Å²) >= 11 is 0. The highest BCUT2D eigenvalue weighted by molar-refractivity contribution is 5.14. The minimum atomic E-state index is 0.345. The molecule has 0 radical (unpaired) electrons. The Bertz CT molecular complexity index is 227. The molecule has 4 heteroatoms. The Kier molecular flexibility index (Phi) is 2.38. The third-order valence-corrected chi connectivity index (χ3v) is 1.27. The van der Waals surface area contributed by atoms with Crippen LogP contribution in [0.3, 0.4) is 0 Å². The standard InChI is InChI=1S/C7H11N3O/c1-5-3-7(11-2)10-6(4-8)9-5/h3H,4,8H2,1-2H3. The lowest BCUT2D eigenvalue weighted by atomic mass is 10.4. The topological polar surface area (TPSA) is 61.0 Å². The van der Waals surface area contributed by atoms with E-state index in [0.717, 1.165) is 5.69 Å². The molecule has 0 saturated heterocycles. The van der Waals surface area contributed by atoms with Gasteiger partial charge in [-0.2, -0.15) is 4.98 Å². The number of rotatable bonds is 2. The Balaban J connectivity index is 3.02. The van der Waals surface area contributed by atoms with Crippen LogP contribution in [-0.2, 0) is 6.54 Å². The van der Waals surface area contributed by atoms with Crippen LogP contribution in [0.4, 0.5) is 0 Å². The van der Waals surface area contributed by atoms with Crippen molar-refractivity contribution in [1.29, 1.82) is 0 Å². The summed E-state index contributed by atoms with van der Waals surface area (Å²) in [6.45, 7) is 2.22. The van der Waals surface area contributed by atoms with E-state index < -0.39 is 0 Å². The summed E-state index contributed by atoms with van der Waals surface area (Å²) in [7, 11) is 1.57. The Labute approximate surface area is 65.4 Å². The molecular formula is C7H11N3O. The first-order valence-corrected chi connectivity index (χ1v) is 3.35.